The number of hydrogen-bond acceptors (Lipinski definition) is 0. The lowest BCUT2D eigenvalue weighted by Gasteiger charge is -2.04. The minimum atomic E-state index is 0.999. The maximum atomic E-state index is 3.84. The van der Waals surface area contributed by atoms with Crippen LogP contribution in [0, 0.1) is 6.92 Å². The molecule has 0 bridgehead atoms. The number of nitrogens with zero attached hydrogens (tertiary/aromatic N) is 1. The van der Waals surface area contributed by atoms with Crippen molar-refractivity contribution in [1.29, 1.82) is 0 Å². The predicted molar refractivity (Wildman–Crippen MR) is 64.6 cm³/mol. The number of pyridine rings is 1. The average Bonchev–Trinajstić information content (AvgIpc) is 2.29. The van der Waals surface area contributed by atoms with Gasteiger partial charge in [-0.05, 0) is 31.5 Å². The van der Waals surface area contributed by atoms with Crippen LogP contribution < -0.4 is 4.57 Å². The smallest absolute Gasteiger partial charge is 0.198 e. The number of hydrogen-bond donors (Lipinski definition) is 0. The summed E-state index contributed by atoms with van der Waals surface area (Å²) in [5, 5.41) is 1.29. The summed E-state index contributed by atoms with van der Waals surface area (Å²) in [4.78, 5) is 0. The molecule has 0 radical (unpaired) electrons. The Morgan fingerprint density at radius 2 is 2.13 bits per heavy atom. The highest BCUT2D eigenvalue weighted by molar-refractivity contribution is 5.82. The zero-order chi connectivity index (χ0) is 10.8. The largest absolute Gasteiger partial charge is 0.215 e. The van der Waals surface area contributed by atoms with Gasteiger partial charge in [0.15, 0.2) is 6.20 Å². The van der Waals surface area contributed by atoms with E-state index in [2.05, 4.69) is 55.5 Å². The van der Waals surface area contributed by atoms with Gasteiger partial charge in [-0.15, -0.1) is 0 Å². The van der Waals surface area contributed by atoms with Gasteiger partial charge in [0.25, 0.3) is 0 Å². The van der Waals surface area contributed by atoms with E-state index in [0.717, 1.165) is 6.54 Å². The Bertz CT molecular complexity index is 512. The van der Waals surface area contributed by atoms with Crippen molar-refractivity contribution in [1.82, 2.24) is 0 Å². The van der Waals surface area contributed by atoms with E-state index in [4.69, 9.17) is 0 Å². The lowest BCUT2D eigenvalue weighted by Crippen LogP contribution is -2.33. The molecule has 0 aliphatic heterocycles. The van der Waals surface area contributed by atoms with Crippen LogP contribution in [-0.2, 0) is 6.54 Å². The van der Waals surface area contributed by atoms with Gasteiger partial charge >= 0.3 is 0 Å². The Labute approximate surface area is 90.7 Å². The molecule has 0 spiro atoms. The summed E-state index contributed by atoms with van der Waals surface area (Å²) in [6, 6.07) is 8.54. The van der Waals surface area contributed by atoms with E-state index in [1.807, 2.05) is 6.08 Å². The van der Waals surface area contributed by atoms with E-state index >= 15 is 0 Å². The van der Waals surface area contributed by atoms with Crippen LogP contribution in [0.1, 0.15) is 18.1 Å². The summed E-state index contributed by atoms with van der Waals surface area (Å²) in [7, 11) is 0. The first-order valence-electron chi connectivity index (χ1n) is 5.32. The molecule has 0 saturated carbocycles. The molecule has 0 aliphatic rings. The molecule has 1 aromatic heterocycles. The molecule has 2 rings (SSSR count). The van der Waals surface area contributed by atoms with Crippen LogP contribution in [0.25, 0.3) is 17.0 Å². The molecule has 76 valence electrons. The molecule has 0 fully saturated rings. The van der Waals surface area contributed by atoms with E-state index in [-0.39, 0.29) is 0 Å². The predicted octanol–water partition coefficient (Wildman–Crippen LogP) is 3.10. The van der Waals surface area contributed by atoms with Crippen molar-refractivity contribution in [2.24, 2.45) is 0 Å². The summed E-state index contributed by atoms with van der Waals surface area (Å²) in [5.74, 6) is 0. The molecule has 2 aromatic rings. The normalized spacial score (nSPS) is 10.5. The van der Waals surface area contributed by atoms with Crippen LogP contribution >= 0.6 is 0 Å². The van der Waals surface area contributed by atoms with Crippen LogP contribution in [-0.4, -0.2) is 0 Å². The lowest BCUT2D eigenvalue weighted by molar-refractivity contribution is -0.668. The highest BCUT2D eigenvalue weighted by Gasteiger charge is 2.11. The minimum Gasteiger partial charge on any atom is -0.198 e. The summed E-state index contributed by atoms with van der Waals surface area (Å²) < 4.78 is 2.28. The van der Waals surface area contributed by atoms with Crippen LogP contribution in [0.4, 0.5) is 0 Å². The van der Waals surface area contributed by atoms with E-state index in [1.165, 1.54) is 22.0 Å². The first-order chi connectivity index (χ1) is 7.27. The summed E-state index contributed by atoms with van der Waals surface area (Å²) >= 11 is 0. The Hall–Kier alpha value is -1.63. The van der Waals surface area contributed by atoms with Crippen molar-refractivity contribution < 1.29 is 4.57 Å². The van der Waals surface area contributed by atoms with Crippen LogP contribution in [0.3, 0.4) is 0 Å². The van der Waals surface area contributed by atoms with Crippen molar-refractivity contribution >= 4 is 17.0 Å². The van der Waals surface area contributed by atoms with Gasteiger partial charge in [-0.25, -0.2) is 0 Å². The molecule has 1 heterocycles. The Kier molecular flexibility index (Phi) is 2.55. The van der Waals surface area contributed by atoms with Gasteiger partial charge in [0.1, 0.15) is 6.54 Å². The average molecular weight is 198 g/mol. The molecular formula is C14H16N+. The van der Waals surface area contributed by atoms with Gasteiger partial charge in [-0.1, -0.05) is 18.7 Å². The third-order valence-electron chi connectivity index (χ3n) is 2.89. The second-order valence-electron chi connectivity index (χ2n) is 3.72. The van der Waals surface area contributed by atoms with Crippen molar-refractivity contribution in [3.8, 4) is 0 Å². The number of fused-ring (bicyclic) bond motifs is 1. The SMILES string of the molecule is C=Cc1ccc2ccc[n+](CC)c2c1C. The topological polar surface area (TPSA) is 3.88 Å². The molecule has 1 aromatic carbocycles. The van der Waals surface area contributed by atoms with Crippen molar-refractivity contribution in [3.05, 3.63) is 48.2 Å². The second-order valence-corrected chi connectivity index (χ2v) is 3.72. The van der Waals surface area contributed by atoms with E-state index < -0.39 is 0 Å². The summed E-state index contributed by atoms with van der Waals surface area (Å²) in [6.07, 6.45) is 4.05. The quantitative estimate of drug-likeness (QED) is 0.653. The highest BCUT2D eigenvalue weighted by Crippen LogP contribution is 2.19. The van der Waals surface area contributed by atoms with Gasteiger partial charge in [0.05, 0.1) is 0 Å². The molecule has 1 nitrogen and oxygen atoms in total. The van der Waals surface area contributed by atoms with Gasteiger partial charge < -0.3 is 0 Å². The fraction of sp³-hybridized carbons (Fsp3) is 0.214. The molecule has 1 heteroatoms. The Morgan fingerprint density at radius 3 is 2.80 bits per heavy atom. The molecule has 0 amide bonds. The van der Waals surface area contributed by atoms with Crippen molar-refractivity contribution in [2.75, 3.05) is 0 Å². The van der Waals surface area contributed by atoms with Crippen molar-refractivity contribution in [3.63, 3.8) is 0 Å². The number of rotatable bonds is 2. The summed E-state index contributed by atoms with van der Waals surface area (Å²) in [6.45, 7) is 9.17. The van der Waals surface area contributed by atoms with Gasteiger partial charge in [0.2, 0.25) is 5.52 Å². The Morgan fingerprint density at radius 1 is 1.33 bits per heavy atom. The van der Waals surface area contributed by atoms with E-state index in [0.29, 0.717) is 0 Å². The number of aryl methyl sites for hydroxylation is 2. The van der Waals surface area contributed by atoms with E-state index in [9.17, 15) is 0 Å². The van der Waals surface area contributed by atoms with Crippen molar-refractivity contribution in [2.45, 2.75) is 20.4 Å². The third kappa shape index (κ3) is 1.54. The van der Waals surface area contributed by atoms with Crippen LogP contribution in [0.15, 0.2) is 37.0 Å². The zero-order valence-corrected chi connectivity index (χ0v) is 9.33. The second kappa shape index (κ2) is 3.85. The number of benzene rings is 1. The summed E-state index contributed by atoms with van der Waals surface area (Å²) in [5.41, 5.74) is 3.85. The maximum absolute atomic E-state index is 3.84. The molecule has 0 unspecified atom stereocenters. The molecule has 0 N–H and O–H groups in total. The van der Waals surface area contributed by atoms with Gasteiger partial charge in [-0.3, -0.25) is 0 Å². The zero-order valence-electron chi connectivity index (χ0n) is 9.33. The van der Waals surface area contributed by atoms with Gasteiger partial charge in [-0.2, -0.15) is 4.57 Å². The highest BCUT2D eigenvalue weighted by atomic mass is 14.9. The molecular weight excluding hydrogens is 182 g/mol. The first-order valence-corrected chi connectivity index (χ1v) is 5.32. The molecule has 15 heavy (non-hydrogen) atoms. The lowest BCUT2D eigenvalue weighted by atomic mass is 10.0. The first kappa shape index (κ1) is 9.91. The molecule has 0 atom stereocenters. The number of aromatic nitrogens is 1. The minimum absolute atomic E-state index is 0.999. The maximum Gasteiger partial charge on any atom is 0.215 e. The monoisotopic (exact) mass is 198 g/mol. The fourth-order valence-corrected chi connectivity index (χ4v) is 2.06. The fourth-order valence-electron chi connectivity index (χ4n) is 2.06. The van der Waals surface area contributed by atoms with Gasteiger partial charge in [0, 0.05) is 17.0 Å². The standard InChI is InChI=1S/C14H16N/c1-4-12-8-9-13-7-6-10-15(5-2)14(13)11(12)3/h4,6-10H,1,5H2,2-3H3/q+1. The molecule has 0 saturated heterocycles. The molecule has 0 aliphatic carbocycles. The van der Waals surface area contributed by atoms with Crippen LogP contribution in [0.2, 0.25) is 0 Å². The third-order valence-corrected chi connectivity index (χ3v) is 2.89. The van der Waals surface area contributed by atoms with E-state index in [1.54, 1.807) is 0 Å². The Balaban J connectivity index is 2.88. The van der Waals surface area contributed by atoms with Crippen LogP contribution in [0.5, 0.6) is 0 Å².